The van der Waals surface area contributed by atoms with E-state index in [-0.39, 0.29) is 6.10 Å². The summed E-state index contributed by atoms with van der Waals surface area (Å²) in [7, 11) is 2.03. The molecule has 0 saturated heterocycles. The van der Waals surface area contributed by atoms with Crippen molar-refractivity contribution >= 4 is 0 Å². The highest BCUT2D eigenvalue weighted by Crippen LogP contribution is 2.31. The molecular weight excluding hydrogens is 315 g/mol. The van der Waals surface area contributed by atoms with E-state index in [1.165, 1.54) is 12.1 Å². The van der Waals surface area contributed by atoms with Crippen LogP contribution in [0, 0.1) is 0 Å². The molecule has 2 rings (SSSR count). The first-order valence-electron chi connectivity index (χ1n) is 7.97. The minimum Gasteiger partial charge on any atom is -0.486 e. The van der Waals surface area contributed by atoms with Crippen LogP contribution >= 0.6 is 0 Å². The zero-order valence-electron chi connectivity index (χ0n) is 13.9. The summed E-state index contributed by atoms with van der Waals surface area (Å²) in [5, 5.41) is 0. The second-order valence-corrected chi connectivity index (χ2v) is 5.72. The van der Waals surface area contributed by atoms with Crippen molar-refractivity contribution in [3.05, 3.63) is 65.7 Å². The first-order chi connectivity index (χ1) is 11.4. The molecule has 0 saturated carbocycles. The molecule has 1 unspecified atom stereocenters. The number of alkyl halides is 3. The number of hydrogen-bond acceptors (Lipinski definition) is 2. The maximum absolute atomic E-state index is 12.6. The Labute approximate surface area is 140 Å². The summed E-state index contributed by atoms with van der Waals surface area (Å²) < 4.78 is 43.9. The zero-order valence-corrected chi connectivity index (χ0v) is 13.9. The van der Waals surface area contributed by atoms with Crippen LogP contribution in [0.3, 0.4) is 0 Å². The van der Waals surface area contributed by atoms with E-state index in [1.807, 2.05) is 37.4 Å². The van der Waals surface area contributed by atoms with Crippen molar-refractivity contribution < 1.29 is 17.9 Å². The fraction of sp³-hybridized carbons (Fsp3) is 0.368. The summed E-state index contributed by atoms with van der Waals surface area (Å²) in [6.45, 7) is 3.85. The van der Waals surface area contributed by atoms with Crippen LogP contribution in [0.1, 0.15) is 30.6 Å². The SMILES string of the molecule is CCN(C)CCC(Oc1ccc(C(F)(F)F)cc1)c1ccccc1. The first-order valence-corrected chi connectivity index (χ1v) is 7.97. The van der Waals surface area contributed by atoms with Gasteiger partial charge in [0, 0.05) is 13.0 Å². The minimum atomic E-state index is -4.33. The van der Waals surface area contributed by atoms with Crippen molar-refractivity contribution in [2.45, 2.75) is 25.6 Å². The molecule has 0 bridgehead atoms. The number of hydrogen-bond donors (Lipinski definition) is 0. The molecule has 0 fully saturated rings. The van der Waals surface area contributed by atoms with Gasteiger partial charge in [-0.2, -0.15) is 13.2 Å². The average Bonchev–Trinajstić information content (AvgIpc) is 2.58. The molecule has 0 heterocycles. The van der Waals surface area contributed by atoms with Crippen LogP contribution in [0.15, 0.2) is 54.6 Å². The Bertz CT molecular complexity index is 611. The fourth-order valence-corrected chi connectivity index (χ4v) is 2.34. The molecule has 2 aromatic rings. The largest absolute Gasteiger partial charge is 0.486 e. The van der Waals surface area contributed by atoms with E-state index < -0.39 is 11.7 Å². The van der Waals surface area contributed by atoms with E-state index in [2.05, 4.69) is 11.8 Å². The highest BCUT2D eigenvalue weighted by molar-refractivity contribution is 5.30. The molecule has 24 heavy (non-hydrogen) atoms. The molecular formula is C19H22F3NO. The van der Waals surface area contributed by atoms with Gasteiger partial charge in [-0.3, -0.25) is 0 Å². The van der Waals surface area contributed by atoms with Crippen LogP contribution in [-0.4, -0.2) is 25.0 Å². The van der Waals surface area contributed by atoms with Crippen LogP contribution in [0.4, 0.5) is 13.2 Å². The van der Waals surface area contributed by atoms with Crippen LogP contribution in [0.5, 0.6) is 5.75 Å². The lowest BCUT2D eigenvalue weighted by Crippen LogP contribution is -2.22. The predicted octanol–water partition coefficient (Wildman–Crippen LogP) is 5.17. The standard InChI is InChI=1S/C19H22F3NO/c1-3-23(2)14-13-18(15-7-5-4-6-8-15)24-17-11-9-16(10-12-17)19(20,21)22/h4-12,18H,3,13-14H2,1-2H3. The number of benzene rings is 2. The maximum Gasteiger partial charge on any atom is 0.416 e. The number of nitrogens with zero attached hydrogens (tertiary/aromatic N) is 1. The van der Waals surface area contributed by atoms with E-state index in [0.717, 1.165) is 37.2 Å². The van der Waals surface area contributed by atoms with Gasteiger partial charge >= 0.3 is 6.18 Å². The summed E-state index contributed by atoms with van der Waals surface area (Å²) in [6.07, 6.45) is -3.77. The quantitative estimate of drug-likeness (QED) is 0.691. The van der Waals surface area contributed by atoms with E-state index in [1.54, 1.807) is 0 Å². The number of ether oxygens (including phenoxy) is 1. The van der Waals surface area contributed by atoms with Gasteiger partial charge in [-0.05, 0) is 43.4 Å². The van der Waals surface area contributed by atoms with Crippen molar-refractivity contribution in [2.24, 2.45) is 0 Å². The molecule has 0 radical (unpaired) electrons. The van der Waals surface area contributed by atoms with Crippen molar-refractivity contribution in [3.8, 4) is 5.75 Å². The van der Waals surface area contributed by atoms with Crippen LogP contribution in [0.25, 0.3) is 0 Å². The van der Waals surface area contributed by atoms with Gasteiger partial charge in [-0.15, -0.1) is 0 Å². The van der Waals surface area contributed by atoms with E-state index in [9.17, 15) is 13.2 Å². The van der Waals surface area contributed by atoms with Gasteiger partial charge < -0.3 is 9.64 Å². The van der Waals surface area contributed by atoms with Gasteiger partial charge in [0.05, 0.1) is 5.56 Å². The van der Waals surface area contributed by atoms with Crippen molar-refractivity contribution in [1.29, 1.82) is 0 Å². The van der Waals surface area contributed by atoms with Gasteiger partial charge in [0.25, 0.3) is 0 Å². The molecule has 2 aromatic carbocycles. The molecule has 0 aliphatic carbocycles. The summed E-state index contributed by atoms with van der Waals surface area (Å²) >= 11 is 0. The molecule has 0 aliphatic heterocycles. The van der Waals surface area contributed by atoms with E-state index in [0.29, 0.717) is 5.75 Å². The first kappa shape index (κ1) is 18.3. The Morgan fingerprint density at radius 2 is 1.62 bits per heavy atom. The Morgan fingerprint density at radius 1 is 1.00 bits per heavy atom. The van der Waals surface area contributed by atoms with Gasteiger partial charge in [0.15, 0.2) is 0 Å². The van der Waals surface area contributed by atoms with Crippen molar-refractivity contribution in [1.82, 2.24) is 4.90 Å². The van der Waals surface area contributed by atoms with E-state index >= 15 is 0 Å². The predicted molar refractivity (Wildman–Crippen MR) is 89.0 cm³/mol. The lowest BCUT2D eigenvalue weighted by molar-refractivity contribution is -0.137. The smallest absolute Gasteiger partial charge is 0.416 e. The Hall–Kier alpha value is -2.01. The maximum atomic E-state index is 12.6. The number of halogens is 3. The summed E-state index contributed by atoms with van der Waals surface area (Å²) in [4.78, 5) is 2.17. The van der Waals surface area contributed by atoms with E-state index in [4.69, 9.17) is 4.74 Å². The highest BCUT2D eigenvalue weighted by atomic mass is 19.4. The monoisotopic (exact) mass is 337 g/mol. The van der Waals surface area contributed by atoms with Gasteiger partial charge in [-0.25, -0.2) is 0 Å². The Kier molecular flexibility index (Phi) is 6.26. The third-order valence-electron chi connectivity index (χ3n) is 3.94. The lowest BCUT2D eigenvalue weighted by atomic mass is 10.1. The third kappa shape index (κ3) is 5.27. The van der Waals surface area contributed by atoms with Crippen molar-refractivity contribution in [2.75, 3.05) is 20.1 Å². The van der Waals surface area contributed by atoms with Crippen LogP contribution in [-0.2, 0) is 6.18 Å². The second-order valence-electron chi connectivity index (χ2n) is 5.72. The van der Waals surface area contributed by atoms with Crippen molar-refractivity contribution in [3.63, 3.8) is 0 Å². The lowest BCUT2D eigenvalue weighted by Gasteiger charge is -2.23. The Morgan fingerprint density at radius 3 is 2.17 bits per heavy atom. The highest BCUT2D eigenvalue weighted by Gasteiger charge is 2.30. The molecule has 130 valence electrons. The molecule has 0 amide bonds. The minimum absolute atomic E-state index is 0.197. The topological polar surface area (TPSA) is 12.5 Å². The molecule has 0 aliphatic rings. The fourth-order valence-electron chi connectivity index (χ4n) is 2.34. The molecule has 0 N–H and O–H groups in total. The third-order valence-corrected chi connectivity index (χ3v) is 3.94. The number of rotatable bonds is 7. The zero-order chi connectivity index (χ0) is 17.6. The second kappa shape index (κ2) is 8.20. The van der Waals surface area contributed by atoms with Crippen LogP contribution in [0.2, 0.25) is 0 Å². The normalized spacial score (nSPS) is 13.1. The summed E-state index contributed by atoms with van der Waals surface area (Å²) in [5.41, 5.74) is 0.346. The molecule has 1 atom stereocenters. The molecule has 0 aromatic heterocycles. The molecule has 0 spiro atoms. The van der Waals surface area contributed by atoms with Gasteiger partial charge in [-0.1, -0.05) is 37.3 Å². The molecule has 5 heteroatoms. The molecule has 2 nitrogen and oxygen atoms in total. The average molecular weight is 337 g/mol. The van der Waals surface area contributed by atoms with Gasteiger partial charge in [0.2, 0.25) is 0 Å². The Balaban J connectivity index is 2.12. The van der Waals surface area contributed by atoms with Crippen LogP contribution < -0.4 is 4.74 Å². The summed E-state index contributed by atoms with van der Waals surface area (Å²) in [5.74, 6) is 0.441. The summed E-state index contributed by atoms with van der Waals surface area (Å²) in [6, 6.07) is 14.6. The van der Waals surface area contributed by atoms with Gasteiger partial charge in [0.1, 0.15) is 11.9 Å².